The van der Waals surface area contributed by atoms with Gasteiger partial charge in [0.05, 0.1) is 22.5 Å². The molecule has 7 nitrogen and oxygen atoms in total. The zero-order valence-corrected chi connectivity index (χ0v) is 19.8. The van der Waals surface area contributed by atoms with Crippen molar-refractivity contribution in [1.82, 2.24) is 20.2 Å². The molecule has 1 N–H and O–H groups in total. The first-order valence-corrected chi connectivity index (χ1v) is 11.8. The monoisotopic (exact) mass is 469 g/mol. The van der Waals surface area contributed by atoms with E-state index < -0.39 is 0 Å². The van der Waals surface area contributed by atoms with E-state index in [1.54, 1.807) is 16.4 Å². The molecule has 8 heteroatoms. The van der Waals surface area contributed by atoms with Gasteiger partial charge in [0.25, 0.3) is 5.91 Å². The van der Waals surface area contributed by atoms with Crippen LogP contribution >= 0.6 is 11.8 Å². The number of hydrogen-bond acceptors (Lipinski definition) is 6. The first-order chi connectivity index (χ1) is 16.5. The number of carbonyl (C=O) groups excluding carboxylic acids is 1. The van der Waals surface area contributed by atoms with E-state index in [4.69, 9.17) is 4.52 Å². The van der Waals surface area contributed by atoms with Crippen LogP contribution in [0, 0.1) is 6.92 Å². The highest BCUT2D eigenvalue weighted by molar-refractivity contribution is 8.00. The predicted octanol–water partition coefficient (Wildman–Crippen LogP) is 6.14. The second-order valence-electron chi connectivity index (χ2n) is 8.13. The summed E-state index contributed by atoms with van der Waals surface area (Å²) in [5, 5.41) is 16.9. The second-order valence-corrected chi connectivity index (χ2v) is 9.75. The number of para-hydroxylation sites is 1. The van der Waals surface area contributed by atoms with Gasteiger partial charge in [-0.1, -0.05) is 66.7 Å². The third kappa shape index (κ3) is 4.20. The van der Waals surface area contributed by atoms with Gasteiger partial charge in [0, 0.05) is 15.7 Å². The molecule has 2 heterocycles. The molecule has 2 aromatic heterocycles. The van der Waals surface area contributed by atoms with E-state index in [0.29, 0.717) is 16.7 Å². The Morgan fingerprint density at radius 2 is 1.79 bits per heavy atom. The van der Waals surface area contributed by atoms with Crippen LogP contribution in [0.15, 0.2) is 82.2 Å². The fraction of sp³-hybridized carbons (Fsp3) is 0.154. The molecule has 0 aliphatic heterocycles. The van der Waals surface area contributed by atoms with Crippen LogP contribution in [0.4, 0.5) is 5.69 Å². The van der Waals surface area contributed by atoms with E-state index in [1.807, 2.05) is 79.7 Å². The summed E-state index contributed by atoms with van der Waals surface area (Å²) in [5.41, 5.74) is 4.14. The molecule has 0 fully saturated rings. The van der Waals surface area contributed by atoms with Gasteiger partial charge in [0.15, 0.2) is 11.5 Å². The number of aromatic nitrogens is 4. The summed E-state index contributed by atoms with van der Waals surface area (Å²) in [7, 11) is 0. The van der Waals surface area contributed by atoms with Crippen LogP contribution in [-0.4, -0.2) is 31.3 Å². The van der Waals surface area contributed by atoms with Gasteiger partial charge in [0.2, 0.25) is 0 Å². The molecular weight excluding hydrogens is 446 g/mol. The largest absolute Gasteiger partial charge is 0.355 e. The van der Waals surface area contributed by atoms with Crippen molar-refractivity contribution in [3.63, 3.8) is 0 Å². The molecule has 0 unspecified atom stereocenters. The highest BCUT2D eigenvalue weighted by atomic mass is 32.2. The van der Waals surface area contributed by atoms with Crippen molar-refractivity contribution in [2.75, 3.05) is 5.32 Å². The summed E-state index contributed by atoms with van der Waals surface area (Å²) < 4.78 is 7.27. The smallest absolute Gasteiger partial charge is 0.278 e. The summed E-state index contributed by atoms with van der Waals surface area (Å²) in [6, 6.07) is 23.3. The lowest BCUT2D eigenvalue weighted by atomic mass is 10.1. The SMILES string of the molecule is Cc1c(C(=O)Nc2ccccc2SC(C)C)nnn1-c1ccc2noc(-c3ccccc3)c2c1. The number of thioether (sulfide) groups is 1. The van der Waals surface area contributed by atoms with E-state index in [1.165, 1.54) is 0 Å². The maximum absolute atomic E-state index is 13.1. The summed E-state index contributed by atoms with van der Waals surface area (Å²) in [6.45, 7) is 6.07. The molecule has 0 aliphatic rings. The molecule has 1 amide bonds. The zero-order valence-electron chi connectivity index (χ0n) is 19.0. The molecule has 0 aliphatic carbocycles. The lowest BCUT2D eigenvalue weighted by molar-refractivity contribution is 0.102. The van der Waals surface area contributed by atoms with Gasteiger partial charge >= 0.3 is 0 Å². The van der Waals surface area contributed by atoms with Crippen LogP contribution in [0.25, 0.3) is 27.9 Å². The number of fused-ring (bicyclic) bond motifs is 1. The van der Waals surface area contributed by atoms with Gasteiger partial charge in [-0.25, -0.2) is 4.68 Å². The highest BCUT2D eigenvalue weighted by Crippen LogP contribution is 2.32. The van der Waals surface area contributed by atoms with Crippen LogP contribution < -0.4 is 5.32 Å². The van der Waals surface area contributed by atoms with Gasteiger partial charge in [-0.15, -0.1) is 16.9 Å². The number of nitrogens with one attached hydrogen (secondary N) is 1. The molecule has 0 spiro atoms. The Labute approximate surface area is 201 Å². The average Bonchev–Trinajstić information content (AvgIpc) is 3.43. The molecule has 170 valence electrons. The first kappa shape index (κ1) is 21.9. The lowest BCUT2D eigenvalue weighted by Crippen LogP contribution is -2.15. The number of benzene rings is 3. The topological polar surface area (TPSA) is 85.8 Å². The van der Waals surface area contributed by atoms with E-state index >= 15 is 0 Å². The first-order valence-electron chi connectivity index (χ1n) is 11.0. The molecule has 5 rings (SSSR count). The highest BCUT2D eigenvalue weighted by Gasteiger charge is 2.20. The molecule has 5 aromatic rings. The van der Waals surface area contributed by atoms with Crippen molar-refractivity contribution in [2.45, 2.75) is 30.9 Å². The van der Waals surface area contributed by atoms with Crippen LogP contribution in [-0.2, 0) is 0 Å². The third-order valence-corrected chi connectivity index (χ3v) is 6.43. The predicted molar refractivity (Wildman–Crippen MR) is 134 cm³/mol. The Hall–Kier alpha value is -3.91. The molecule has 0 radical (unpaired) electrons. The molecule has 0 atom stereocenters. The number of amides is 1. The Kier molecular flexibility index (Phi) is 5.90. The quantitative estimate of drug-likeness (QED) is 0.301. The minimum Gasteiger partial charge on any atom is -0.355 e. The summed E-state index contributed by atoms with van der Waals surface area (Å²) in [6.07, 6.45) is 0. The number of carbonyl (C=O) groups is 1. The molecule has 0 saturated carbocycles. The van der Waals surface area contributed by atoms with Crippen molar-refractivity contribution in [3.05, 3.63) is 84.2 Å². The minimum absolute atomic E-state index is 0.276. The van der Waals surface area contributed by atoms with Crippen LogP contribution in [0.1, 0.15) is 30.0 Å². The van der Waals surface area contributed by atoms with Crippen molar-refractivity contribution in [1.29, 1.82) is 0 Å². The Morgan fingerprint density at radius 3 is 2.59 bits per heavy atom. The molecular formula is C26H23N5O2S. The maximum Gasteiger partial charge on any atom is 0.278 e. The summed E-state index contributed by atoms with van der Waals surface area (Å²) in [5.74, 6) is 0.393. The number of nitrogens with zero attached hydrogens (tertiary/aromatic N) is 4. The summed E-state index contributed by atoms with van der Waals surface area (Å²) in [4.78, 5) is 14.1. The minimum atomic E-state index is -0.295. The number of anilines is 1. The van der Waals surface area contributed by atoms with Crippen molar-refractivity contribution < 1.29 is 9.32 Å². The zero-order chi connectivity index (χ0) is 23.7. The maximum atomic E-state index is 13.1. The van der Waals surface area contributed by atoms with E-state index in [9.17, 15) is 4.79 Å². The van der Waals surface area contributed by atoms with Crippen LogP contribution in [0.3, 0.4) is 0 Å². The molecule has 0 bridgehead atoms. The standard InChI is InChI=1S/C26H23N5O2S/c1-16(2)34-23-12-8-7-11-22(23)27-26(32)24-17(3)31(30-28-24)19-13-14-21-20(15-19)25(33-29-21)18-9-5-4-6-10-18/h4-16H,1-3H3,(H,27,32). The van der Waals surface area contributed by atoms with Crippen LogP contribution in [0.2, 0.25) is 0 Å². The number of rotatable bonds is 6. The Bertz CT molecular complexity index is 1470. The van der Waals surface area contributed by atoms with Gasteiger partial charge in [-0.3, -0.25) is 4.79 Å². The van der Waals surface area contributed by atoms with Gasteiger partial charge < -0.3 is 9.84 Å². The fourth-order valence-corrected chi connectivity index (χ4v) is 4.66. The lowest BCUT2D eigenvalue weighted by Gasteiger charge is -2.12. The second kappa shape index (κ2) is 9.15. The molecule has 3 aromatic carbocycles. The van der Waals surface area contributed by atoms with Gasteiger partial charge in [-0.2, -0.15) is 0 Å². The number of hydrogen-bond donors (Lipinski definition) is 1. The van der Waals surface area contributed by atoms with Crippen molar-refractivity contribution in [3.8, 4) is 17.0 Å². The Balaban J connectivity index is 1.46. The van der Waals surface area contributed by atoms with Gasteiger partial charge in [0.1, 0.15) is 5.52 Å². The van der Waals surface area contributed by atoms with E-state index in [0.717, 1.165) is 32.7 Å². The Morgan fingerprint density at radius 1 is 1.03 bits per heavy atom. The van der Waals surface area contributed by atoms with Crippen molar-refractivity contribution in [2.24, 2.45) is 0 Å². The van der Waals surface area contributed by atoms with E-state index in [2.05, 4.69) is 34.6 Å². The molecule has 0 saturated heterocycles. The average molecular weight is 470 g/mol. The summed E-state index contributed by atoms with van der Waals surface area (Å²) >= 11 is 1.70. The van der Waals surface area contributed by atoms with Crippen LogP contribution in [0.5, 0.6) is 0 Å². The normalized spacial score (nSPS) is 11.3. The fourth-order valence-electron chi connectivity index (χ4n) is 3.75. The van der Waals surface area contributed by atoms with Crippen molar-refractivity contribution >= 4 is 34.3 Å². The third-order valence-electron chi connectivity index (χ3n) is 5.35. The molecule has 34 heavy (non-hydrogen) atoms. The van der Waals surface area contributed by atoms with Gasteiger partial charge in [-0.05, 0) is 37.3 Å². The van der Waals surface area contributed by atoms with E-state index in [-0.39, 0.29) is 11.6 Å².